The predicted molar refractivity (Wildman–Crippen MR) is 79.5 cm³/mol. The fraction of sp³-hybridized carbons (Fsp3) is 0.667. The van der Waals surface area contributed by atoms with Crippen LogP contribution in [0.3, 0.4) is 0 Å². The zero-order valence-electron chi connectivity index (χ0n) is 12.8. The Balaban J connectivity index is -0.000000376. The molecule has 0 unspecified atom stereocenters. The number of aliphatic imine (C=N–C) groups is 1. The molecule has 0 aliphatic rings. The number of hydrogen-bond donors (Lipinski definition) is 0. The van der Waals surface area contributed by atoms with Crippen molar-refractivity contribution >= 4 is 5.71 Å². The number of allylic oxidation sites excluding steroid dienone is 4. The smallest absolute Gasteiger partial charge is 0.0388 e. The van der Waals surface area contributed by atoms with Crippen LogP contribution in [0.25, 0.3) is 0 Å². The summed E-state index contributed by atoms with van der Waals surface area (Å²) in [5.74, 6) is 0. The lowest BCUT2D eigenvalue weighted by Gasteiger charge is -2.03. The van der Waals surface area contributed by atoms with Crippen molar-refractivity contribution in [3.63, 3.8) is 0 Å². The van der Waals surface area contributed by atoms with Crippen molar-refractivity contribution in [3.8, 4) is 0 Å². The highest BCUT2D eigenvalue weighted by Crippen LogP contribution is 2.07. The molecule has 0 aromatic carbocycles. The van der Waals surface area contributed by atoms with Gasteiger partial charge < -0.3 is 0 Å². The molecule has 0 heterocycles. The summed E-state index contributed by atoms with van der Waals surface area (Å²) in [6, 6.07) is 0. The van der Waals surface area contributed by atoms with Crippen LogP contribution in [0.15, 0.2) is 28.3 Å². The predicted octanol–water partition coefficient (Wildman–Crippen LogP) is 5.43. The molecule has 0 aromatic heterocycles. The minimum absolute atomic E-state index is 0.861. The summed E-state index contributed by atoms with van der Waals surface area (Å²) in [6.45, 7) is 19.2. The van der Waals surface area contributed by atoms with Gasteiger partial charge in [0.05, 0.1) is 0 Å². The first kappa shape index (κ1) is 20.5. The SMILES string of the molecule is C/C=C\C(C(C)=NCC)=C(C)C.CC.CC. The third-order valence-electron chi connectivity index (χ3n) is 1.66. The minimum atomic E-state index is 0.861. The molecule has 1 nitrogen and oxygen atoms in total. The molecule has 0 amide bonds. The number of rotatable bonds is 3. The van der Waals surface area contributed by atoms with E-state index in [-0.39, 0.29) is 0 Å². The van der Waals surface area contributed by atoms with Crippen LogP contribution in [-0.2, 0) is 0 Å². The normalized spacial score (nSPS) is 9.94. The fourth-order valence-electron chi connectivity index (χ4n) is 1.14. The molecule has 0 N–H and O–H groups in total. The molecular weight excluding hydrogens is 194 g/mol. The molecule has 0 aliphatic heterocycles. The molecule has 0 spiro atoms. The van der Waals surface area contributed by atoms with Crippen molar-refractivity contribution in [3.05, 3.63) is 23.3 Å². The Morgan fingerprint density at radius 2 is 1.44 bits per heavy atom. The third kappa shape index (κ3) is 11.2. The van der Waals surface area contributed by atoms with Gasteiger partial charge in [0.1, 0.15) is 0 Å². The van der Waals surface area contributed by atoms with Crippen molar-refractivity contribution in [2.24, 2.45) is 4.99 Å². The molecule has 0 atom stereocenters. The van der Waals surface area contributed by atoms with E-state index in [0.717, 1.165) is 12.3 Å². The fourth-order valence-corrected chi connectivity index (χ4v) is 1.14. The molecule has 0 saturated carbocycles. The quantitative estimate of drug-likeness (QED) is 0.448. The van der Waals surface area contributed by atoms with Crippen molar-refractivity contribution in [1.82, 2.24) is 0 Å². The van der Waals surface area contributed by atoms with Crippen molar-refractivity contribution in [1.29, 1.82) is 0 Å². The summed E-state index contributed by atoms with van der Waals surface area (Å²) >= 11 is 0. The molecule has 0 radical (unpaired) electrons. The average Bonchev–Trinajstić information content (AvgIpc) is 2.31. The lowest BCUT2D eigenvalue weighted by Crippen LogP contribution is -1.97. The molecular formula is C15H31N. The molecule has 16 heavy (non-hydrogen) atoms. The molecule has 0 rings (SSSR count). The summed E-state index contributed by atoms with van der Waals surface area (Å²) in [4.78, 5) is 4.37. The molecule has 96 valence electrons. The third-order valence-corrected chi connectivity index (χ3v) is 1.66. The van der Waals surface area contributed by atoms with Crippen LogP contribution in [-0.4, -0.2) is 12.3 Å². The molecule has 0 aromatic rings. The molecule has 0 saturated heterocycles. The van der Waals surface area contributed by atoms with E-state index < -0.39 is 0 Å². The van der Waals surface area contributed by atoms with Gasteiger partial charge in [0, 0.05) is 12.3 Å². The van der Waals surface area contributed by atoms with E-state index in [1.165, 1.54) is 11.1 Å². The van der Waals surface area contributed by atoms with Crippen LogP contribution >= 0.6 is 0 Å². The van der Waals surface area contributed by atoms with E-state index >= 15 is 0 Å². The second-order valence-electron chi connectivity index (χ2n) is 2.97. The van der Waals surface area contributed by atoms with Crippen molar-refractivity contribution in [2.45, 2.75) is 62.3 Å². The molecule has 0 bridgehead atoms. The van der Waals surface area contributed by atoms with E-state index in [4.69, 9.17) is 0 Å². The lowest BCUT2D eigenvalue weighted by atomic mass is 10.1. The molecule has 0 fully saturated rings. The lowest BCUT2D eigenvalue weighted by molar-refractivity contribution is 1.12. The highest BCUT2D eigenvalue weighted by Gasteiger charge is 1.97. The maximum atomic E-state index is 4.37. The zero-order valence-corrected chi connectivity index (χ0v) is 12.8. The van der Waals surface area contributed by atoms with Crippen molar-refractivity contribution in [2.75, 3.05) is 6.54 Å². The van der Waals surface area contributed by atoms with E-state index in [0.29, 0.717) is 0 Å². The molecule has 0 aliphatic carbocycles. The zero-order chi connectivity index (χ0) is 13.6. The Bertz CT molecular complexity index is 216. The Labute approximate surface area is 103 Å². The van der Waals surface area contributed by atoms with Crippen molar-refractivity contribution < 1.29 is 0 Å². The van der Waals surface area contributed by atoms with Gasteiger partial charge in [-0.2, -0.15) is 0 Å². The van der Waals surface area contributed by atoms with Gasteiger partial charge in [-0.05, 0) is 40.2 Å². The summed E-state index contributed by atoms with van der Waals surface area (Å²) < 4.78 is 0. The first-order valence-corrected chi connectivity index (χ1v) is 6.45. The standard InChI is InChI=1S/C11H19N.2C2H6/c1-6-8-11(9(3)4)10(5)12-7-2;2*1-2/h6,8H,7H2,1-5H3;2*1-2H3/b8-6-,12-10?;;. The van der Waals surface area contributed by atoms with E-state index in [1.54, 1.807) is 0 Å². The van der Waals surface area contributed by atoms with Gasteiger partial charge >= 0.3 is 0 Å². The molecule has 1 heteroatoms. The second kappa shape index (κ2) is 16.6. The maximum absolute atomic E-state index is 4.37. The van der Waals surface area contributed by atoms with Gasteiger partial charge in [0.15, 0.2) is 0 Å². The summed E-state index contributed by atoms with van der Waals surface area (Å²) in [5.41, 5.74) is 3.72. The van der Waals surface area contributed by atoms with Gasteiger partial charge in [-0.25, -0.2) is 0 Å². The van der Waals surface area contributed by atoms with Crippen LogP contribution < -0.4 is 0 Å². The highest BCUT2D eigenvalue weighted by atomic mass is 14.7. The Morgan fingerprint density at radius 3 is 1.69 bits per heavy atom. The monoisotopic (exact) mass is 225 g/mol. The Morgan fingerprint density at radius 1 is 1.00 bits per heavy atom. The van der Waals surface area contributed by atoms with E-state index in [2.05, 4.69) is 44.8 Å². The van der Waals surface area contributed by atoms with E-state index in [9.17, 15) is 0 Å². The topological polar surface area (TPSA) is 12.4 Å². The van der Waals surface area contributed by atoms with Gasteiger partial charge in [-0.3, -0.25) is 4.99 Å². The largest absolute Gasteiger partial charge is 0.290 e. The minimum Gasteiger partial charge on any atom is -0.290 e. The Hall–Kier alpha value is -0.850. The van der Waals surface area contributed by atoms with Crippen LogP contribution in [0.1, 0.15) is 62.3 Å². The summed E-state index contributed by atoms with van der Waals surface area (Å²) in [5, 5.41) is 0. The summed E-state index contributed by atoms with van der Waals surface area (Å²) in [6.07, 6.45) is 4.17. The average molecular weight is 225 g/mol. The first-order chi connectivity index (χ1) is 7.63. The van der Waals surface area contributed by atoms with E-state index in [1.807, 2.05) is 34.6 Å². The van der Waals surface area contributed by atoms with Gasteiger partial charge in [-0.1, -0.05) is 45.4 Å². The van der Waals surface area contributed by atoms with Crippen LogP contribution in [0, 0.1) is 0 Å². The number of nitrogens with zero attached hydrogens (tertiary/aromatic N) is 1. The van der Waals surface area contributed by atoms with Gasteiger partial charge in [-0.15, -0.1) is 0 Å². The second-order valence-corrected chi connectivity index (χ2v) is 2.97. The van der Waals surface area contributed by atoms with Gasteiger partial charge in [0.2, 0.25) is 0 Å². The Kier molecular flexibility index (Phi) is 21.3. The number of hydrogen-bond acceptors (Lipinski definition) is 1. The van der Waals surface area contributed by atoms with Crippen LogP contribution in [0.5, 0.6) is 0 Å². The van der Waals surface area contributed by atoms with Crippen LogP contribution in [0.2, 0.25) is 0 Å². The highest BCUT2D eigenvalue weighted by molar-refractivity contribution is 6.01. The van der Waals surface area contributed by atoms with Gasteiger partial charge in [0.25, 0.3) is 0 Å². The first-order valence-electron chi connectivity index (χ1n) is 6.45. The van der Waals surface area contributed by atoms with Crippen LogP contribution in [0.4, 0.5) is 0 Å². The summed E-state index contributed by atoms with van der Waals surface area (Å²) in [7, 11) is 0. The maximum Gasteiger partial charge on any atom is 0.0388 e.